The van der Waals surface area contributed by atoms with E-state index in [9.17, 15) is 4.39 Å². The van der Waals surface area contributed by atoms with Gasteiger partial charge in [-0.1, -0.05) is 15.9 Å². The Hall–Kier alpha value is -0.410. The van der Waals surface area contributed by atoms with Crippen LogP contribution in [0.15, 0.2) is 16.6 Å². The van der Waals surface area contributed by atoms with E-state index in [1.165, 1.54) is 6.07 Å². The summed E-state index contributed by atoms with van der Waals surface area (Å²) in [6, 6.07) is 2.99. The molecule has 60 valence electrons. The summed E-state index contributed by atoms with van der Waals surface area (Å²) in [7, 11) is 0. The van der Waals surface area contributed by atoms with Crippen molar-refractivity contribution in [2.24, 2.45) is 0 Å². The molecule has 0 aromatic heterocycles. The molecule has 11 heavy (non-hydrogen) atoms. The molecule has 0 saturated heterocycles. The van der Waals surface area contributed by atoms with E-state index in [2.05, 4.69) is 15.9 Å². The lowest BCUT2D eigenvalue weighted by Crippen LogP contribution is -1.90. The maximum absolute atomic E-state index is 12.8. The van der Waals surface area contributed by atoms with Gasteiger partial charge in [-0.05, 0) is 30.2 Å². The third kappa shape index (κ3) is 1.79. The first-order valence-electron chi connectivity index (χ1n) is 3.20. The lowest BCUT2D eigenvalue weighted by molar-refractivity contribution is 0.280. The maximum atomic E-state index is 12.8. The molecule has 1 aromatic carbocycles. The molecule has 0 atom stereocenters. The fraction of sp³-hybridized carbons (Fsp3) is 0.250. The minimum absolute atomic E-state index is 0.141. The fourth-order valence-electron chi connectivity index (χ4n) is 0.809. The molecule has 3 heteroatoms. The van der Waals surface area contributed by atoms with E-state index >= 15 is 0 Å². The molecule has 0 fully saturated rings. The maximum Gasteiger partial charge on any atom is 0.126 e. The highest BCUT2D eigenvalue weighted by atomic mass is 79.9. The van der Waals surface area contributed by atoms with Crippen molar-refractivity contribution in [1.82, 2.24) is 0 Å². The second-order valence-electron chi connectivity index (χ2n) is 2.35. The van der Waals surface area contributed by atoms with Gasteiger partial charge in [0.15, 0.2) is 0 Å². The molecule has 1 rings (SSSR count). The third-order valence-corrected chi connectivity index (χ3v) is 2.24. The summed E-state index contributed by atoms with van der Waals surface area (Å²) in [6.45, 7) is 1.54. The molecule has 0 spiro atoms. The molecule has 1 N–H and O–H groups in total. The van der Waals surface area contributed by atoms with Gasteiger partial charge in [-0.3, -0.25) is 0 Å². The zero-order valence-corrected chi connectivity index (χ0v) is 7.65. The molecule has 1 aromatic rings. The number of aliphatic hydroxyl groups excluding tert-OH is 1. The van der Waals surface area contributed by atoms with Crippen molar-refractivity contribution >= 4 is 15.9 Å². The van der Waals surface area contributed by atoms with Crippen molar-refractivity contribution in [1.29, 1.82) is 0 Å². The highest BCUT2D eigenvalue weighted by Gasteiger charge is 2.03. The number of benzene rings is 1. The summed E-state index contributed by atoms with van der Waals surface area (Å²) in [5.41, 5.74) is 1.15. The van der Waals surface area contributed by atoms with Crippen molar-refractivity contribution in [3.05, 3.63) is 33.5 Å². The van der Waals surface area contributed by atoms with Gasteiger partial charge in [0, 0.05) is 4.47 Å². The van der Waals surface area contributed by atoms with E-state index < -0.39 is 0 Å². The minimum atomic E-state index is -0.280. The van der Waals surface area contributed by atoms with E-state index in [4.69, 9.17) is 5.11 Å². The minimum Gasteiger partial charge on any atom is -0.392 e. The molecular formula is C8H8BrFO. The molecule has 0 heterocycles. The number of hydrogen-bond acceptors (Lipinski definition) is 1. The Morgan fingerprint density at radius 2 is 2.18 bits per heavy atom. The smallest absolute Gasteiger partial charge is 0.126 e. The van der Waals surface area contributed by atoms with Crippen LogP contribution < -0.4 is 0 Å². The largest absolute Gasteiger partial charge is 0.392 e. The van der Waals surface area contributed by atoms with Gasteiger partial charge >= 0.3 is 0 Å². The highest BCUT2D eigenvalue weighted by Crippen LogP contribution is 2.20. The van der Waals surface area contributed by atoms with E-state index in [0.717, 1.165) is 4.47 Å². The van der Waals surface area contributed by atoms with Gasteiger partial charge in [-0.2, -0.15) is 0 Å². The van der Waals surface area contributed by atoms with Gasteiger partial charge in [0.2, 0.25) is 0 Å². The van der Waals surface area contributed by atoms with Crippen LogP contribution in [0.3, 0.4) is 0 Å². The molecular weight excluding hydrogens is 211 g/mol. The van der Waals surface area contributed by atoms with E-state index in [0.29, 0.717) is 11.1 Å². The SMILES string of the molecule is Cc1cc(Br)c(CO)cc1F. The number of hydrogen-bond donors (Lipinski definition) is 1. The van der Waals surface area contributed by atoms with Gasteiger partial charge in [-0.15, -0.1) is 0 Å². The average molecular weight is 219 g/mol. The quantitative estimate of drug-likeness (QED) is 0.768. The molecule has 0 amide bonds. The zero-order valence-electron chi connectivity index (χ0n) is 6.06. The molecule has 0 unspecified atom stereocenters. The topological polar surface area (TPSA) is 20.2 Å². The van der Waals surface area contributed by atoms with E-state index in [1.54, 1.807) is 13.0 Å². The Bertz CT molecular complexity index is 273. The average Bonchev–Trinajstić information content (AvgIpc) is 1.97. The first-order valence-corrected chi connectivity index (χ1v) is 4.00. The van der Waals surface area contributed by atoms with Gasteiger partial charge in [-0.25, -0.2) is 4.39 Å². The fourth-order valence-corrected chi connectivity index (χ4v) is 1.39. The summed E-state index contributed by atoms with van der Waals surface area (Å²) in [5.74, 6) is -0.280. The van der Waals surface area contributed by atoms with Crippen LogP contribution in [0.25, 0.3) is 0 Å². The normalized spacial score (nSPS) is 10.2. The van der Waals surface area contributed by atoms with Gasteiger partial charge in [0.05, 0.1) is 6.61 Å². The predicted octanol–water partition coefficient (Wildman–Crippen LogP) is 2.39. The second-order valence-corrected chi connectivity index (χ2v) is 3.21. The van der Waals surface area contributed by atoms with Crippen LogP contribution in [0.4, 0.5) is 4.39 Å². The van der Waals surface area contributed by atoms with Crippen LogP contribution in [0.1, 0.15) is 11.1 Å². The first-order chi connectivity index (χ1) is 5.15. The third-order valence-electron chi connectivity index (χ3n) is 1.50. The Kier molecular flexibility index (Phi) is 2.62. The molecule has 0 aliphatic carbocycles. The van der Waals surface area contributed by atoms with Gasteiger partial charge in [0.25, 0.3) is 0 Å². The summed E-state index contributed by atoms with van der Waals surface area (Å²) < 4.78 is 13.6. The van der Waals surface area contributed by atoms with Crippen LogP contribution in [0.5, 0.6) is 0 Å². The van der Waals surface area contributed by atoms with Crippen LogP contribution in [-0.4, -0.2) is 5.11 Å². The van der Waals surface area contributed by atoms with Crippen LogP contribution in [0.2, 0.25) is 0 Å². The molecule has 0 aliphatic rings. The molecule has 0 aliphatic heterocycles. The predicted molar refractivity (Wildman–Crippen MR) is 44.8 cm³/mol. The van der Waals surface area contributed by atoms with Gasteiger partial charge in [0.1, 0.15) is 5.82 Å². The molecule has 1 nitrogen and oxygen atoms in total. The zero-order chi connectivity index (χ0) is 8.43. The molecule has 0 bridgehead atoms. The Morgan fingerprint density at radius 3 is 2.73 bits per heavy atom. The summed E-state index contributed by atoms with van der Waals surface area (Å²) in [4.78, 5) is 0. The lowest BCUT2D eigenvalue weighted by Gasteiger charge is -2.02. The number of halogens is 2. The van der Waals surface area contributed by atoms with Crippen molar-refractivity contribution in [3.63, 3.8) is 0 Å². The summed E-state index contributed by atoms with van der Waals surface area (Å²) >= 11 is 3.21. The summed E-state index contributed by atoms with van der Waals surface area (Å²) in [5, 5.41) is 8.74. The highest BCUT2D eigenvalue weighted by molar-refractivity contribution is 9.10. The number of aryl methyl sites for hydroxylation is 1. The van der Waals surface area contributed by atoms with E-state index in [1.807, 2.05) is 0 Å². The Balaban J connectivity index is 3.21. The van der Waals surface area contributed by atoms with Crippen molar-refractivity contribution in [3.8, 4) is 0 Å². The first kappa shape index (κ1) is 8.68. The molecule has 0 saturated carbocycles. The van der Waals surface area contributed by atoms with Crippen molar-refractivity contribution in [2.45, 2.75) is 13.5 Å². The number of aliphatic hydroxyl groups is 1. The van der Waals surface area contributed by atoms with Crippen molar-refractivity contribution in [2.75, 3.05) is 0 Å². The van der Waals surface area contributed by atoms with Crippen LogP contribution in [0, 0.1) is 12.7 Å². The standard InChI is InChI=1S/C8H8BrFO/c1-5-2-7(9)6(4-11)3-8(5)10/h2-3,11H,4H2,1H3. The van der Waals surface area contributed by atoms with Crippen molar-refractivity contribution < 1.29 is 9.50 Å². The Morgan fingerprint density at radius 1 is 1.55 bits per heavy atom. The Labute approximate surface area is 73.0 Å². The molecule has 0 radical (unpaired) electrons. The van der Waals surface area contributed by atoms with Gasteiger partial charge < -0.3 is 5.11 Å². The monoisotopic (exact) mass is 218 g/mol. The van der Waals surface area contributed by atoms with Crippen LogP contribution in [-0.2, 0) is 6.61 Å². The number of rotatable bonds is 1. The summed E-state index contributed by atoms with van der Waals surface area (Å²) in [6.07, 6.45) is 0. The van der Waals surface area contributed by atoms with Crippen LogP contribution >= 0.6 is 15.9 Å². The lowest BCUT2D eigenvalue weighted by atomic mass is 10.1. The second kappa shape index (κ2) is 3.32. The van der Waals surface area contributed by atoms with E-state index in [-0.39, 0.29) is 12.4 Å².